The third kappa shape index (κ3) is 3.04. The number of fused-ring (bicyclic) bond motifs is 1. The van der Waals surface area contributed by atoms with Gasteiger partial charge in [-0.2, -0.15) is 0 Å². The molecule has 0 bridgehead atoms. The quantitative estimate of drug-likeness (QED) is 0.793. The SMILES string of the molecule is O=C1NC[C@@]2(CCCN(C(=O)c3cc4c(s3)CCCCC4)CC2)O1. The molecule has 6 heteroatoms. The van der Waals surface area contributed by atoms with Crippen LogP contribution in [0.5, 0.6) is 0 Å². The van der Waals surface area contributed by atoms with Crippen LogP contribution in [0.15, 0.2) is 6.07 Å². The molecule has 5 nitrogen and oxygen atoms in total. The molecule has 3 heterocycles. The van der Waals surface area contributed by atoms with Crippen LogP contribution in [-0.4, -0.2) is 42.1 Å². The molecule has 2 fully saturated rings. The number of carbonyl (C=O) groups is 2. The highest BCUT2D eigenvalue weighted by atomic mass is 32.1. The average Bonchev–Trinajstić information content (AvgIpc) is 2.98. The monoisotopic (exact) mass is 348 g/mol. The standard InChI is InChI=1S/C18H24N2O3S/c21-16(15-11-13-5-2-1-3-6-14(13)24-15)20-9-4-7-18(8-10-20)12-19-17(22)23-18/h11H,1-10,12H2,(H,19,22)/t18-/m0/s1. The summed E-state index contributed by atoms with van der Waals surface area (Å²) < 4.78 is 5.50. The van der Waals surface area contributed by atoms with Gasteiger partial charge in [-0.05, 0) is 50.2 Å². The molecule has 2 aliphatic heterocycles. The molecule has 1 spiro atoms. The van der Waals surface area contributed by atoms with E-state index in [0.717, 1.165) is 43.5 Å². The highest BCUT2D eigenvalue weighted by molar-refractivity contribution is 7.14. The molecule has 0 aromatic carbocycles. The second kappa shape index (κ2) is 6.39. The summed E-state index contributed by atoms with van der Waals surface area (Å²) >= 11 is 1.69. The fourth-order valence-corrected chi connectivity index (χ4v) is 5.30. The van der Waals surface area contributed by atoms with Crippen LogP contribution in [-0.2, 0) is 17.6 Å². The van der Waals surface area contributed by atoms with E-state index in [1.165, 1.54) is 29.7 Å². The van der Waals surface area contributed by atoms with Crippen molar-refractivity contribution in [3.8, 4) is 0 Å². The van der Waals surface area contributed by atoms with E-state index in [9.17, 15) is 9.59 Å². The van der Waals surface area contributed by atoms with Crippen molar-refractivity contribution in [2.75, 3.05) is 19.6 Å². The maximum Gasteiger partial charge on any atom is 0.407 e. The first-order valence-corrected chi connectivity index (χ1v) is 9.85. The van der Waals surface area contributed by atoms with Gasteiger partial charge in [-0.25, -0.2) is 4.79 Å². The van der Waals surface area contributed by atoms with Gasteiger partial charge in [0.25, 0.3) is 5.91 Å². The number of nitrogens with one attached hydrogen (secondary N) is 1. The van der Waals surface area contributed by atoms with Gasteiger partial charge in [0.2, 0.25) is 0 Å². The predicted molar refractivity (Wildman–Crippen MR) is 92.5 cm³/mol. The molecular formula is C18H24N2O3S. The molecule has 0 saturated carbocycles. The summed E-state index contributed by atoms with van der Waals surface area (Å²) in [5.41, 5.74) is 0.986. The number of aryl methyl sites for hydroxylation is 2. The Morgan fingerprint density at radius 2 is 2.04 bits per heavy atom. The molecule has 3 aliphatic rings. The lowest BCUT2D eigenvalue weighted by Gasteiger charge is -2.24. The summed E-state index contributed by atoms with van der Waals surface area (Å²) in [4.78, 5) is 28.6. The van der Waals surface area contributed by atoms with Gasteiger partial charge in [0.05, 0.1) is 11.4 Å². The first kappa shape index (κ1) is 15.9. The summed E-state index contributed by atoms with van der Waals surface area (Å²) in [5, 5.41) is 2.76. The molecule has 1 aliphatic carbocycles. The van der Waals surface area contributed by atoms with E-state index in [2.05, 4.69) is 11.4 Å². The highest BCUT2D eigenvalue weighted by Crippen LogP contribution is 2.32. The maximum atomic E-state index is 12.9. The molecule has 0 unspecified atom stereocenters. The first-order valence-electron chi connectivity index (χ1n) is 9.03. The Morgan fingerprint density at radius 1 is 1.17 bits per heavy atom. The van der Waals surface area contributed by atoms with Gasteiger partial charge >= 0.3 is 6.09 Å². The van der Waals surface area contributed by atoms with Crippen LogP contribution < -0.4 is 5.32 Å². The number of nitrogens with zero attached hydrogens (tertiary/aromatic N) is 1. The largest absolute Gasteiger partial charge is 0.441 e. The average molecular weight is 348 g/mol. The molecule has 24 heavy (non-hydrogen) atoms. The number of hydrogen-bond donors (Lipinski definition) is 1. The molecule has 2 amide bonds. The number of likely N-dealkylation sites (tertiary alicyclic amines) is 1. The van der Waals surface area contributed by atoms with Crippen molar-refractivity contribution in [1.82, 2.24) is 10.2 Å². The van der Waals surface area contributed by atoms with Crippen molar-refractivity contribution in [3.63, 3.8) is 0 Å². The third-order valence-electron chi connectivity index (χ3n) is 5.51. The molecule has 1 aromatic heterocycles. The lowest BCUT2D eigenvalue weighted by Crippen LogP contribution is -2.36. The van der Waals surface area contributed by atoms with Gasteiger partial charge < -0.3 is 15.0 Å². The summed E-state index contributed by atoms with van der Waals surface area (Å²) in [7, 11) is 0. The Morgan fingerprint density at radius 3 is 2.88 bits per heavy atom. The van der Waals surface area contributed by atoms with Crippen molar-refractivity contribution in [3.05, 3.63) is 21.4 Å². The van der Waals surface area contributed by atoms with E-state index in [4.69, 9.17) is 4.74 Å². The van der Waals surface area contributed by atoms with Gasteiger partial charge in [0, 0.05) is 24.4 Å². The number of rotatable bonds is 1. The number of ether oxygens (including phenoxy) is 1. The summed E-state index contributed by atoms with van der Waals surface area (Å²) in [6, 6.07) is 2.13. The fraction of sp³-hybridized carbons (Fsp3) is 0.667. The van der Waals surface area contributed by atoms with Crippen LogP contribution in [0.1, 0.15) is 58.6 Å². The van der Waals surface area contributed by atoms with Crippen molar-refractivity contribution in [1.29, 1.82) is 0 Å². The van der Waals surface area contributed by atoms with E-state index in [1.54, 1.807) is 11.3 Å². The highest BCUT2D eigenvalue weighted by Gasteiger charge is 2.42. The molecule has 4 rings (SSSR count). The minimum Gasteiger partial charge on any atom is -0.441 e. The molecule has 1 N–H and O–H groups in total. The Labute approximate surface area is 146 Å². The smallest absolute Gasteiger partial charge is 0.407 e. The molecule has 130 valence electrons. The van der Waals surface area contributed by atoms with Gasteiger partial charge in [-0.1, -0.05) is 6.42 Å². The van der Waals surface area contributed by atoms with Gasteiger partial charge in [0.1, 0.15) is 5.60 Å². The number of carbonyl (C=O) groups excluding carboxylic acids is 2. The fourth-order valence-electron chi connectivity index (χ4n) is 4.08. The molecule has 0 radical (unpaired) electrons. The Kier molecular flexibility index (Phi) is 4.24. The summed E-state index contributed by atoms with van der Waals surface area (Å²) in [5.74, 6) is 0.155. The van der Waals surface area contributed by atoms with E-state index < -0.39 is 5.60 Å². The van der Waals surface area contributed by atoms with Crippen molar-refractivity contribution in [2.45, 2.75) is 57.0 Å². The van der Waals surface area contributed by atoms with E-state index in [-0.39, 0.29) is 12.0 Å². The second-order valence-corrected chi connectivity index (χ2v) is 8.33. The number of amides is 2. The lowest BCUT2D eigenvalue weighted by atomic mass is 9.95. The molecule has 1 aromatic rings. The Bertz CT molecular complexity index is 633. The number of alkyl carbamates (subject to hydrolysis) is 1. The number of thiophene rings is 1. The minimum absolute atomic E-state index is 0.155. The van der Waals surface area contributed by atoms with Gasteiger partial charge in [0.15, 0.2) is 0 Å². The normalized spacial score (nSPS) is 27.2. The molecular weight excluding hydrogens is 324 g/mol. The first-order chi connectivity index (χ1) is 11.7. The van der Waals surface area contributed by atoms with E-state index in [0.29, 0.717) is 13.1 Å². The Balaban J connectivity index is 1.46. The third-order valence-corrected chi connectivity index (χ3v) is 6.73. The van der Waals surface area contributed by atoms with Gasteiger partial charge in [-0.3, -0.25) is 4.79 Å². The summed E-state index contributed by atoms with van der Waals surface area (Å²) in [6.07, 6.45) is 8.13. The Hall–Kier alpha value is -1.56. The van der Waals surface area contributed by atoms with Crippen LogP contribution in [0.3, 0.4) is 0 Å². The van der Waals surface area contributed by atoms with Crippen molar-refractivity contribution >= 4 is 23.3 Å². The zero-order valence-electron chi connectivity index (χ0n) is 13.9. The summed E-state index contributed by atoms with van der Waals surface area (Å²) in [6.45, 7) is 1.98. The van der Waals surface area contributed by atoms with Crippen molar-refractivity contribution < 1.29 is 14.3 Å². The van der Waals surface area contributed by atoms with Crippen LogP contribution in [0.4, 0.5) is 4.79 Å². The van der Waals surface area contributed by atoms with Crippen LogP contribution in [0, 0.1) is 0 Å². The van der Waals surface area contributed by atoms with Gasteiger partial charge in [-0.15, -0.1) is 11.3 Å². The zero-order valence-corrected chi connectivity index (χ0v) is 14.8. The van der Waals surface area contributed by atoms with Crippen LogP contribution in [0.25, 0.3) is 0 Å². The number of hydrogen-bond acceptors (Lipinski definition) is 4. The minimum atomic E-state index is -0.404. The molecule has 2 saturated heterocycles. The predicted octanol–water partition coefficient (Wildman–Crippen LogP) is 3.12. The van der Waals surface area contributed by atoms with Crippen molar-refractivity contribution in [2.24, 2.45) is 0 Å². The second-order valence-electron chi connectivity index (χ2n) is 7.19. The maximum absolute atomic E-state index is 12.9. The zero-order chi connectivity index (χ0) is 16.6. The lowest BCUT2D eigenvalue weighted by molar-refractivity contribution is 0.0439. The van der Waals surface area contributed by atoms with Crippen LogP contribution in [0.2, 0.25) is 0 Å². The topological polar surface area (TPSA) is 58.6 Å². The van der Waals surface area contributed by atoms with E-state index in [1.807, 2.05) is 4.90 Å². The van der Waals surface area contributed by atoms with Crippen LogP contribution >= 0.6 is 11.3 Å². The van der Waals surface area contributed by atoms with E-state index >= 15 is 0 Å². The molecule has 1 atom stereocenters.